The van der Waals surface area contributed by atoms with Crippen molar-refractivity contribution in [2.75, 3.05) is 43.5 Å². The fraction of sp³-hybridized carbons (Fsp3) is 0.783. The van der Waals surface area contributed by atoms with E-state index in [4.69, 9.17) is 0 Å². The SMILES string of the molecule is CCC(F)CNc1ncc(C(=O)NC2CCN(CCCF)CC2)c(NC2CCCCC2)n1. The number of nitrogens with one attached hydrogen (secondary N) is 3. The van der Waals surface area contributed by atoms with Crippen LogP contribution in [-0.2, 0) is 0 Å². The fourth-order valence-electron chi connectivity index (χ4n) is 4.38. The van der Waals surface area contributed by atoms with Crippen LogP contribution in [0.2, 0.25) is 0 Å². The Balaban J connectivity index is 1.64. The third kappa shape index (κ3) is 7.53. The molecule has 1 unspecified atom stereocenters. The number of piperidine rings is 1. The van der Waals surface area contributed by atoms with Crippen LogP contribution in [0, 0.1) is 0 Å². The van der Waals surface area contributed by atoms with Crippen molar-refractivity contribution in [3.8, 4) is 0 Å². The van der Waals surface area contributed by atoms with E-state index in [9.17, 15) is 13.6 Å². The van der Waals surface area contributed by atoms with E-state index < -0.39 is 6.17 Å². The number of halogens is 2. The molecule has 9 heteroatoms. The summed E-state index contributed by atoms with van der Waals surface area (Å²) >= 11 is 0. The number of carbonyl (C=O) groups is 1. The van der Waals surface area contributed by atoms with Gasteiger partial charge in [-0.1, -0.05) is 26.2 Å². The van der Waals surface area contributed by atoms with Crippen LogP contribution >= 0.6 is 0 Å². The standard InChI is InChI=1S/C23H38F2N6O/c1-2-17(25)15-26-23-27-16-20(21(30-23)28-18-7-4-3-5-8-18)22(32)29-19-9-13-31(14-10-19)12-6-11-24/h16-19H,2-15H2,1H3,(H,29,32)(H2,26,27,28,30). The lowest BCUT2D eigenvalue weighted by molar-refractivity contribution is 0.0910. The Morgan fingerprint density at radius 1 is 1.19 bits per heavy atom. The van der Waals surface area contributed by atoms with E-state index in [2.05, 4.69) is 30.8 Å². The van der Waals surface area contributed by atoms with E-state index >= 15 is 0 Å². The average Bonchev–Trinajstić information content (AvgIpc) is 2.82. The zero-order chi connectivity index (χ0) is 22.8. The zero-order valence-electron chi connectivity index (χ0n) is 19.2. The van der Waals surface area contributed by atoms with Crippen LogP contribution in [0.25, 0.3) is 0 Å². The Morgan fingerprint density at radius 3 is 2.62 bits per heavy atom. The molecule has 1 saturated carbocycles. The van der Waals surface area contributed by atoms with Crippen LogP contribution < -0.4 is 16.0 Å². The molecule has 1 atom stereocenters. The summed E-state index contributed by atoms with van der Waals surface area (Å²) in [6.45, 7) is 4.14. The smallest absolute Gasteiger partial charge is 0.256 e. The molecule has 0 spiro atoms. The Morgan fingerprint density at radius 2 is 1.94 bits per heavy atom. The second kappa shape index (κ2) is 12.9. The van der Waals surface area contributed by atoms with Crippen LogP contribution in [-0.4, -0.2) is 71.9 Å². The Hall–Kier alpha value is -2.03. The minimum Gasteiger partial charge on any atom is -0.367 e. The summed E-state index contributed by atoms with van der Waals surface area (Å²) in [7, 11) is 0. The van der Waals surface area contributed by atoms with Crippen molar-refractivity contribution < 1.29 is 13.6 Å². The number of alkyl halides is 2. The maximum atomic E-state index is 13.6. The van der Waals surface area contributed by atoms with Crippen molar-refractivity contribution in [2.24, 2.45) is 0 Å². The highest BCUT2D eigenvalue weighted by atomic mass is 19.1. The molecule has 3 N–H and O–H groups in total. The van der Waals surface area contributed by atoms with Gasteiger partial charge in [0.2, 0.25) is 5.95 Å². The quantitative estimate of drug-likeness (QED) is 0.472. The maximum absolute atomic E-state index is 13.6. The van der Waals surface area contributed by atoms with Gasteiger partial charge < -0.3 is 20.9 Å². The largest absolute Gasteiger partial charge is 0.367 e. The fourth-order valence-corrected chi connectivity index (χ4v) is 4.38. The monoisotopic (exact) mass is 452 g/mol. The van der Waals surface area contributed by atoms with Crippen LogP contribution in [0.15, 0.2) is 6.20 Å². The number of amides is 1. The van der Waals surface area contributed by atoms with Gasteiger partial charge in [-0.2, -0.15) is 4.98 Å². The van der Waals surface area contributed by atoms with Gasteiger partial charge in [-0.05, 0) is 38.5 Å². The number of aromatic nitrogens is 2. The van der Waals surface area contributed by atoms with Crippen molar-refractivity contribution in [1.82, 2.24) is 20.2 Å². The number of nitrogens with zero attached hydrogens (tertiary/aromatic N) is 3. The molecule has 180 valence electrons. The van der Waals surface area contributed by atoms with Crippen LogP contribution in [0.3, 0.4) is 0 Å². The van der Waals surface area contributed by atoms with Gasteiger partial charge in [-0.3, -0.25) is 9.18 Å². The van der Waals surface area contributed by atoms with Gasteiger partial charge in [0.15, 0.2) is 0 Å². The van der Waals surface area contributed by atoms with E-state index in [0.717, 1.165) is 58.2 Å². The first-order valence-corrected chi connectivity index (χ1v) is 12.2. The topological polar surface area (TPSA) is 82.2 Å². The third-order valence-corrected chi connectivity index (χ3v) is 6.43. The van der Waals surface area contributed by atoms with Crippen molar-refractivity contribution in [2.45, 2.75) is 83.0 Å². The molecule has 1 aromatic heterocycles. The molecule has 3 rings (SSSR count). The molecule has 7 nitrogen and oxygen atoms in total. The molecule has 2 aliphatic rings. The van der Waals surface area contributed by atoms with Crippen molar-refractivity contribution in [3.05, 3.63) is 11.8 Å². The molecular formula is C23H38F2N6O. The van der Waals surface area contributed by atoms with Crippen molar-refractivity contribution >= 4 is 17.7 Å². The third-order valence-electron chi connectivity index (χ3n) is 6.43. The number of likely N-dealkylation sites (tertiary alicyclic amines) is 1. The van der Waals surface area contributed by atoms with Gasteiger partial charge in [-0.25, -0.2) is 9.37 Å². The number of hydrogen-bond donors (Lipinski definition) is 3. The van der Waals surface area contributed by atoms with E-state index in [1.54, 1.807) is 6.92 Å². The molecule has 1 aromatic rings. The molecule has 32 heavy (non-hydrogen) atoms. The average molecular weight is 453 g/mol. The Bertz CT molecular complexity index is 708. The molecule has 1 saturated heterocycles. The number of rotatable bonds is 11. The second-order valence-electron chi connectivity index (χ2n) is 8.95. The molecule has 1 aliphatic carbocycles. The highest BCUT2D eigenvalue weighted by molar-refractivity contribution is 5.98. The Labute approximate surface area is 190 Å². The summed E-state index contributed by atoms with van der Waals surface area (Å²) in [5.41, 5.74) is 0.424. The van der Waals surface area contributed by atoms with E-state index in [1.165, 1.54) is 12.6 Å². The van der Waals surface area contributed by atoms with Gasteiger partial charge in [-0.15, -0.1) is 0 Å². The predicted octanol–water partition coefficient (Wildman–Crippen LogP) is 3.94. The predicted molar refractivity (Wildman–Crippen MR) is 124 cm³/mol. The van der Waals surface area contributed by atoms with Crippen LogP contribution in [0.5, 0.6) is 0 Å². The molecule has 2 fully saturated rings. The van der Waals surface area contributed by atoms with Gasteiger partial charge >= 0.3 is 0 Å². The van der Waals surface area contributed by atoms with Gasteiger partial charge in [0.1, 0.15) is 17.6 Å². The Kier molecular flexibility index (Phi) is 9.89. The van der Waals surface area contributed by atoms with E-state index in [0.29, 0.717) is 30.2 Å². The molecule has 0 aromatic carbocycles. The molecule has 2 heterocycles. The molecule has 0 radical (unpaired) electrons. The second-order valence-corrected chi connectivity index (χ2v) is 8.95. The number of hydrogen-bond acceptors (Lipinski definition) is 6. The van der Waals surface area contributed by atoms with Gasteiger partial charge in [0.25, 0.3) is 5.91 Å². The lowest BCUT2D eigenvalue weighted by Crippen LogP contribution is -2.45. The zero-order valence-corrected chi connectivity index (χ0v) is 19.2. The minimum atomic E-state index is -0.966. The maximum Gasteiger partial charge on any atom is 0.256 e. The van der Waals surface area contributed by atoms with Gasteiger partial charge in [0, 0.05) is 44.5 Å². The molecule has 1 aliphatic heterocycles. The molecule has 0 bridgehead atoms. The van der Waals surface area contributed by atoms with Crippen molar-refractivity contribution in [3.63, 3.8) is 0 Å². The molecule has 1 amide bonds. The summed E-state index contributed by atoms with van der Waals surface area (Å²) in [5, 5.41) is 9.52. The first kappa shape index (κ1) is 24.6. The lowest BCUT2D eigenvalue weighted by atomic mass is 9.95. The van der Waals surface area contributed by atoms with Crippen LogP contribution in [0.4, 0.5) is 20.5 Å². The first-order chi connectivity index (χ1) is 15.6. The lowest BCUT2D eigenvalue weighted by Gasteiger charge is -2.32. The molecular weight excluding hydrogens is 414 g/mol. The minimum absolute atomic E-state index is 0.0845. The highest BCUT2D eigenvalue weighted by Crippen LogP contribution is 2.24. The number of anilines is 2. The number of carbonyl (C=O) groups excluding carboxylic acids is 1. The highest BCUT2D eigenvalue weighted by Gasteiger charge is 2.24. The van der Waals surface area contributed by atoms with Crippen molar-refractivity contribution in [1.29, 1.82) is 0 Å². The van der Waals surface area contributed by atoms with E-state index in [1.807, 2.05) is 0 Å². The first-order valence-electron chi connectivity index (χ1n) is 12.2. The summed E-state index contributed by atoms with van der Waals surface area (Å²) in [5.74, 6) is 0.658. The van der Waals surface area contributed by atoms with E-state index in [-0.39, 0.29) is 31.2 Å². The summed E-state index contributed by atoms with van der Waals surface area (Å²) in [4.78, 5) is 24.1. The van der Waals surface area contributed by atoms with Crippen LogP contribution in [0.1, 0.15) is 75.1 Å². The normalized spacial score (nSPS) is 19.5. The summed E-state index contributed by atoms with van der Waals surface area (Å²) < 4.78 is 26.0. The van der Waals surface area contributed by atoms with Gasteiger partial charge in [0.05, 0.1) is 6.67 Å². The summed E-state index contributed by atoms with van der Waals surface area (Å²) in [6, 6.07) is 0.364. The summed E-state index contributed by atoms with van der Waals surface area (Å²) in [6.07, 6.45) is 8.91.